The molecule has 2 heterocycles. The maximum absolute atomic E-state index is 11.4. The van der Waals surface area contributed by atoms with Crippen LogP contribution in [0.5, 0.6) is 5.75 Å². The third-order valence-electron chi connectivity index (χ3n) is 4.89. The maximum atomic E-state index is 11.4. The monoisotopic (exact) mass is 476 g/mol. The van der Waals surface area contributed by atoms with E-state index in [0.717, 1.165) is 23.4 Å². The fourth-order valence-electron chi connectivity index (χ4n) is 3.41. The van der Waals surface area contributed by atoms with Crippen molar-refractivity contribution in [2.24, 2.45) is 0 Å². The second-order valence-electron chi connectivity index (χ2n) is 7.06. The molecular weight excluding hydrogens is 456 g/mol. The molecule has 0 saturated heterocycles. The Kier molecular flexibility index (Phi) is 7.26. The van der Waals surface area contributed by atoms with Crippen molar-refractivity contribution in [2.75, 3.05) is 20.5 Å². The van der Waals surface area contributed by atoms with Crippen LogP contribution in [0.4, 0.5) is 5.69 Å². The van der Waals surface area contributed by atoms with Gasteiger partial charge in [0.25, 0.3) is 5.69 Å². The van der Waals surface area contributed by atoms with E-state index in [0.29, 0.717) is 40.4 Å². The summed E-state index contributed by atoms with van der Waals surface area (Å²) in [4.78, 5) is 11.0. The number of nitrogens with zero attached hydrogens (tertiary/aromatic N) is 4. The summed E-state index contributed by atoms with van der Waals surface area (Å²) < 4.78 is 18.2. The lowest BCUT2D eigenvalue weighted by atomic mass is 10.1. The molecule has 11 heteroatoms. The molecule has 0 aliphatic carbocycles. The topological polar surface area (TPSA) is 102 Å². The molecule has 0 fully saturated rings. The van der Waals surface area contributed by atoms with Gasteiger partial charge in [0.15, 0.2) is 17.8 Å². The molecule has 4 rings (SSSR count). The number of nitro groups is 1. The Morgan fingerprint density at radius 2 is 2.09 bits per heavy atom. The number of methoxy groups -OCH3 is 1. The van der Waals surface area contributed by atoms with Crippen LogP contribution in [-0.4, -0.2) is 40.2 Å². The molecule has 1 aliphatic heterocycles. The Bertz CT molecular complexity index is 1110. The first-order valence-electron chi connectivity index (χ1n) is 9.88. The molecule has 0 radical (unpaired) electrons. The zero-order chi connectivity index (χ0) is 22.5. The van der Waals surface area contributed by atoms with Gasteiger partial charge in [-0.05, 0) is 30.7 Å². The van der Waals surface area contributed by atoms with E-state index in [4.69, 9.17) is 25.8 Å². The molecular formula is C21H21ClN4O5S. The van der Waals surface area contributed by atoms with Crippen molar-refractivity contribution in [3.8, 4) is 17.1 Å². The van der Waals surface area contributed by atoms with E-state index in [1.165, 1.54) is 17.8 Å². The lowest BCUT2D eigenvalue weighted by Gasteiger charge is -2.20. The Balaban J connectivity index is 1.62. The molecule has 0 saturated carbocycles. The normalized spacial score (nSPS) is 12.9. The summed E-state index contributed by atoms with van der Waals surface area (Å²) in [6.07, 6.45) is 0.787. The van der Waals surface area contributed by atoms with Crippen molar-refractivity contribution in [3.05, 3.63) is 62.7 Å². The number of non-ortho nitro benzene ring substituents is 1. The number of ether oxygens (including phenoxy) is 3. The summed E-state index contributed by atoms with van der Waals surface area (Å²) in [6, 6.07) is 10.5. The Labute approximate surface area is 193 Å². The zero-order valence-corrected chi connectivity index (χ0v) is 18.9. The third-order valence-corrected chi connectivity index (χ3v) is 6.16. The molecule has 0 N–H and O–H groups in total. The molecule has 3 aromatic rings. The number of hydrogen-bond acceptors (Lipinski definition) is 8. The van der Waals surface area contributed by atoms with E-state index in [-0.39, 0.29) is 19.1 Å². The molecule has 2 aromatic carbocycles. The van der Waals surface area contributed by atoms with Crippen molar-refractivity contribution < 1.29 is 19.1 Å². The van der Waals surface area contributed by atoms with Crippen molar-refractivity contribution in [2.45, 2.75) is 30.5 Å². The predicted octanol–water partition coefficient (Wildman–Crippen LogP) is 4.70. The van der Waals surface area contributed by atoms with Gasteiger partial charge in [-0.1, -0.05) is 23.4 Å². The quantitative estimate of drug-likeness (QED) is 0.189. The first-order valence-corrected chi connectivity index (χ1v) is 11.2. The zero-order valence-electron chi connectivity index (χ0n) is 17.3. The van der Waals surface area contributed by atoms with Gasteiger partial charge in [-0.3, -0.25) is 10.1 Å². The van der Waals surface area contributed by atoms with Gasteiger partial charge in [-0.15, -0.1) is 10.2 Å². The third kappa shape index (κ3) is 5.04. The fraction of sp³-hybridized carbons (Fsp3) is 0.333. The second kappa shape index (κ2) is 10.3. The van der Waals surface area contributed by atoms with Crippen LogP contribution in [0.2, 0.25) is 5.02 Å². The van der Waals surface area contributed by atoms with Crippen LogP contribution in [0.25, 0.3) is 11.4 Å². The SMILES string of the molecule is COCCCn1c(SCc2cc([N+](=O)[O-])cc3c2OCOC3)nnc1-c1ccc(Cl)cc1. The van der Waals surface area contributed by atoms with Gasteiger partial charge in [0.05, 0.1) is 11.5 Å². The van der Waals surface area contributed by atoms with Crippen molar-refractivity contribution in [1.29, 1.82) is 0 Å². The second-order valence-corrected chi connectivity index (χ2v) is 8.44. The molecule has 32 heavy (non-hydrogen) atoms. The average Bonchev–Trinajstić information content (AvgIpc) is 3.20. The molecule has 168 valence electrons. The highest BCUT2D eigenvalue weighted by atomic mass is 35.5. The van der Waals surface area contributed by atoms with E-state index >= 15 is 0 Å². The van der Waals surface area contributed by atoms with E-state index in [9.17, 15) is 10.1 Å². The van der Waals surface area contributed by atoms with Gasteiger partial charge in [0, 0.05) is 59.9 Å². The molecule has 0 atom stereocenters. The van der Waals surface area contributed by atoms with Crippen LogP contribution < -0.4 is 4.74 Å². The van der Waals surface area contributed by atoms with Crippen LogP contribution in [0.1, 0.15) is 17.5 Å². The minimum Gasteiger partial charge on any atom is -0.467 e. The first kappa shape index (κ1) is 22.5. The predicted molar refractivity (Wildman–Crippen MR) is 120 cm³/mol. The van der Waals surface area contributed by atoms with Crippen molar-refractivity contribution in [1.82, 2.24) is 14.8 Å². The lowest BCUT2D eigenvalue weighted by Crippen LogP contribution is -2.13. The minimum atomic E-state index is -0.408. The number of fused-ring (bicyclic) bond motifs is 1. The van der Waals surface area contributed by atoms with Gasteiger partial charge in [-0.25, -0.2) is 0 Å². The summed E-state index contributed by atoms with van der Waals surface area (Å²) in [5.74, 6) is 1.80. The number of thioether (sulfide) groups is 1. The van der Waals surface area contributed by atoms with Crippen LogP contribution in [0, 0.1) is 10.1 Å². The van der Waals surface area contributed by atoms with Crippen molar-refractivity contribution in [3.63, 3.8) is 0 Å². The fourth-order valence-corrected chi connectivity index (χ4v) is 4.47. The number of halogens is 1. The van der Waals surface area contributed by atoms with Gasteiger partial charge < -0.3 is 18.8 Å². The Morgan fingerprint density at radius 1 is 1.28 bits per heavy atom. The van der Waals surface area contributed by atoms with Crippen LogP contribution in [0.3, 0.4) is 0 Å². The highest BCUT2D eigenvalue weighted by Gasteiger charge is 2.22. The van der Waals surface area contributed by atoms with Gasteiger partial charge in [0.2, 0.25) is 0 Å². The largest absolute Gasteiger partial charge is 0.467 e. The van der Waals surface area contributed by atoms with Crippen LogP contribution in [-0.2, 0) is 28.4 Å². The number of rotatable bonds is 9. The highest BCUT2D eigenvalue weighted by Crippen LogP contribution is 2.36. The summed E-state index contributed by atoms with van der Waals surface area (Å²) in [6.45, 7) is 1.67. The van der Waals surface area contributed by atoms with E-state index in [1.54, 1.807) is 13.2 Å². The lowest BCUT2D eigenvalue weighted by molar-refractivity contribution is -0.385. The smallest absolute Gasteiger partial charge is 0.270 e. The average molecular weight is 477 g/mol. The number of benzene rings is 2. The van der Waals surface area contributed by atoms with Crippen LogP contribution >= 0.6 is 23.4 Å². The summed E-state index contributed by atoms with van der Waals surface area (Å²) in [5, 5.41) is 21.5. The highest BCUT2D eigenvalue weighted by molar-refractivity contribution is 7.98. The van der Waals surface area contributed by atoms with Gasteiger partial charge in [0.1, 0.15) is 5.75 Å². The molecule has 9 nitrogen and oxygen atoms in total. The molecule has 0 unspecified atom stereocenters. The standard InChI is InChI=1S/C21H21ClN4O5S/c1-29-8-2-7-25-20(14-3-5-17(22)6-4-14)23-24-21(25)32-12-16-10-18(26(27)28)9-15-11-30-13-31-19(15)16/h3-6,9-10H,2,7-8,11-13H2,1H3. The van der Waals surface area contributed by atoms with Gasteiger partial charge >= 0.3 is 0 Å². The number of hydrogen-bond donors (Lipinski definition) is 0. The molecule has 0 bridgehead atoms. The number of nitro benzene ring substituents is 1. The summed E-state index contributed by atoms with van der Waals surface area (Å²) >= 11 is 7.47. The van der Waals surface area contributed by atoms with Crippen molar-refractivity contribution >= 4 is 29.1 Å². The molecule has 0 amide bonds. The summed E-state index contributed by atoms with van der Waals surface area (Å²) in [5.41, 5.74) is 2.31. The van der Waals surface area contributed by atoms with E-state index in [1.807, 2.05) is 28.8 Å². The minimum absolute atomic E-state index is 0.0110. The molecule has 1 aromatic heterocycles. The molecule has 0 spiro atoms. The molecule has 1 aliphatic rings. The maximum Gasteiger partial charge on any atom is 0.270 e. The first-order chi connectivity index (χ1) is 15.6. The van der Waals surface area contributed by atoms with E-state index in [2.05, 4.69) is 10.2 Å². The Morgan fingerprint density at radius 3 is 2.84 bits per heavy atom. The number of aromatic nitrogens is 3. The summed E-state index contributed by atoms with van der Waals surface area (Å²) in [7, 11) is 1.66. The van der Waals surface area contributed by atoms with Gasteiger partial charge in [-0.2, -0.15) is 0 Å². The van der Waals surface area contributed by atoms with Crippen LogP contribution in [0.15, 0.2) is 41.6 Å². The Hall–Kier alpha value is -2.66. The van der Waals surface area contributed by atoms with E-state index < -0.39 is 4.92 Å².